The Morgan fingerprint density at radius 3 is 2.71 bits per heavy atom. The lowest BCUT2D eigenvalue weighted by molar-refractivity contribution is 0.147. The number of alkyl halides is 1. The lowest BCUT2D eigenvalue weighted by Crippen LogP contribution is -2.31. The van der Waals surface area contributed by atoms with Gasteiger partial charge in [0.05, 0.1) is 17.3 Å². The second-order valence-electron chi connectivity index (χ2n) is 4.42. The molecule has 0 saturated heterocycles. The summed E-state index contributed by atoms with van der Waals surface area (Å²) in [6.07, 6.45) is 1.26. The lowest BCUT2D eigenvalue weighted by Gasteiger charge is -2.20. The van der Waals surface area contributed by atoms with Gasteiger partial charge in [-0.15, -0.1) is 11.6 Å². The van der Waals surface area contributed by atoms with E-state index in [1.807, 2.05) is 37.3 Å². The van der Waals surface area contributed by atoms with Crippen molar-refractivity contribution in [3.05, 3.63) is 59.9 Å². The fourth-order valence-electron chi connectivity index (χ4n) is 1.92. The summed E-state index contributed by atoms with van der Waals surface area (Å²) in [5, 5.41) is 0. The van der Waals surface area contributed by atoms with Gasteiger partial charge in [-0.1, -0.05) is 30.3 Å². The van der Waals surface area contributed by atoms with E-state index in [2.05, 4.69) is 4.98 Å². The van der Waals surface area contributed by atoms with Gasteiger partial charge < -0.3 is 4.74 Å². The first-order valence-corrected chi connectivity index (χ1v) is 7.27. The van der Waals surface area contributed by atoms with Gasteiger partial charge in [0.15, 0.2) is 0 Å². The lowest BCUT2D eigenvalue weighted by atomic mass is 10.2. The maximum Gasteiger partial charge on any atom is 0.414 e. The highest BCUT2D eigenvalue weighted by molar-refractivity contribution is 6.16. The fourth-order valence-corrected chi connectivity index (χ4v) is 2.07. The molecular formula is C16H17ClN2O2. The zero-order valence-electron chi connectivity index (χ0n) is 11.8. The quantitative estimate of drug-likeness (QED) is 0.785. The van der Waals surface area contributed by atoms with Crippen molar-refractivity contribution in [2.75, 3.05) is 11.4 Å². The summed E-state index contributed by atoms with van der Waals surface area (Å²) >= 11 is 5.77. The number of anilines is 1. The average molecular weight is 305 g/mol. The highest BCUT2D eigenvalue weighted by Gasteiger charge is 2.16. The molecule has 5 heteroatoms. The van der Waals surface area contributed by atoms with Crippen molar-refractivity contribution in [1.82, 2.24) is 4.98 Å². The molecule has 0 N–H and O–H groups in total. The molecule has 0 spiro atoms. The third kappa shape index (κ3) is 4.20. The van der Waals surface area contributed by atoms with Gasteiger partial charge in [-0.25, -0.2) is 4.79 Å². The Hall–Kier alpha value is -2.07. The number of hydrogen-bond acceptors (Lipinski definition) is 3. The Morgan fingerprint density at radius 1 is 1.29 bits per heavy atom. The zero-order chi connectivity index (χ0) is 15.1. The van der Waals surface area contributed by atoms with Crippen molar-refractivity contribution in [3.8, 4) is 0 Å². The zero-order valence-corrected chi connectivity index (χ0v) is 12.6. The molecule has 4 nitrogen and oxygen atoms in total. The molecule has 21 heavy (non-hydrogen) atoms. The monoisotopic (exact) mass is 304 g/mol. The minimum atomic E-state index is -0.381. The summed E-state index contributed by atoms with van der Waals surface area (Å²) in [5.74, 6) is 0.310. The standard InChI is InChI=1S/C16H17ClN2O2/c1-2-19(15-8-9-18-14(10-15)11-17)16(20)21-12-13-6-4-3-5-7-13/h3-10H,2,11-12H2,1H3. The molecule has 0 unspecified atom stereocenters. The number of ether oxygens (including phenoxy) is 1. The minimum absolute atomic E-state index is 0.254. The highest BCUT2D eigenvalue weighted by atomic mass is 35.5. The van der Waals surface area contributed by atoms with Crippen LogP contribution in [0.3, 0.4) is 0 Å². The van der Waals surface area contributed by atoms with Gasteiger partial charge in [0.2, 0.25) is 0 Å². The smallest absolute Gasteiger partial charge is 0.414 e. The van der Waals surface area contributed by atoms with Crippen LogP contribution >= 0.6 is 11.6 Å². The van der Waals surface area contributed by atoms with Gasteiger partial charge in [0, 0.05) is 12.7 Å². The van der Waals surface area contributed by atoms with Gasteiger partial charge in [-0.2, -0.15) is 0 Å². The third-order valence-corrected chi connectivity index (χ3v) is 3.26. The molecule has 1 aromatic carbocycles. The van der Waals surface area contributed by atoms with Gasteiger partial charge in [-0.05, 0) is 24.6 Å². The minimum Gasteiger partial charge on any atom is -0.444 e. The van der Waals surface area contributed by atoms with Crippen LogP contribution in [0.4, 0.5) is 10.5 Å². The summed E-state index contributed by atoms with van der Waals surface area (Å²) in [4.78, 5) is 17.9. The Morgan fingerprint density at radius 2 is 2.05 bits per heavy atom. The summed E-state index contributed by atoms with van der Waals surface area (Å²) in [7, 11) is 0. The SMILES string of the molecule is CCN(C(=O)OCc1ccccc1)c1ccnc(CCl)c1. The molecule has 2 rings (SSSR count). The number of hydrogen-bond donors (Lipinski definition) is 0. The molecule has 0 saturated carbocycles. The van der Waals surface area contributed by atoms with Crippen LogP contribution in [0.25, 0.3) is 0 Å². The molecule has 1 heterocycles. The van der Waals surface area contributed by atoms with Gasteiger partial charge in [0.25, 0.3) is 0 Å². The molecular weight excluding hydrogens is 288 g/mol. The Bertz CT molecular complexity index is 590. The molecule has 0 atom stereocenters. The molecule has 0 fully saturated rings. The van der Waals surface area contributed by atoms with Crippen LogP contribution in [0.2, 0.25) is 0 Å². The number of pyridine rings is 1. The summed E-state index contributed by atoms with van der Waals surface area (Å²) in [6.45, 7) is 2.66. The predicted octanol–water partition coefficient (Wildman–Crippen LogP) is 3.98. The van der Waals surface area contributed by atoms with Crippen LogP contribution in [0, 0.1) is 0 Å². The molecule has 1 amide bonds. The van der Waals surface area contributed by atoms with Crippen LogP contribution in [0.1, 0.15) is 18.2 Å². The first kappa shape index (κ1) is 15.3. The van der Waals surface area contributed by atoms with Crippen LogP contribution in [-0.4, -0.2) is 17.6 Å². The van der Waals surface area contributed by atoms with E-state index < -0.39 is 0 Å². The van der Waals surface area contributed by atoms with Gasteiger partial charge in [0.1, 0.15) is 6.61 Å². The van der Waals surface area contributed by atoms with Crippen molar-refractivity contribution in [1.29, 1.82) is 0 Å². The number of aromatic nitrogens is 1. The van der Waals surface area contributed by atoms with E-state index in [0.29, 0.717) is 12.4 Å². The van der Waals surface area contributed by atoms with Crippen LogP contribution in [-0.2, 0) is 17.2 Å². The predicted molar refractivity (Wildman–Crippen MR) is 83.4 cm³/mol. The molecule has 1 aromatic heterocycles. The molecule has 0 radical (unpaired) electrons. The number of rotatable bonds is 5. The Kier molecular flexibility index (Phi) is 5.58. The number of benzene rings is 1. The van der Waals surface area contributed by atoms with E-state index in [4.69, 9.17) is 16.3 Å². The first-order valence-electron chi connectivity index (χ1n) is 6.73. The number of carbonyl (C=O) groups excluding carboxylic acids is 1. The summed E-state index contributed by atoms with van der Waals surface area (Å²) in [6, 6.07) is 13.1. The fraction of sp³-hybridized carbons (Fsp3) is 0.250. The van der Waals surface area contributed by atoms with E-state index in [1.54, 1.807) is 23.2 Å². The van der Waals surface area contributed by atoms with Crippen molar-refractivity contribution in [3.63, 3.8) is 0 Å². The van der Waals surface area contributed by atoms with Crippen molar-refractivity contribution in [2.45, 2.75) is 19.4 Å². The summed E-state index contributed by atoms with van der Waals surface area (Å²) < 4.78 is 5.34. The van der Waals surface area contributed by atoms with E-state index in [9.17, 15) is 4.79 Å². The third-order valence-electron chi connectivity index (χ3n) is 2.99. The largest absolute Gasteiger partial charge is 0.444 e. The molecule has 0 aliphatic carbocycles. The number of nitrogens with zero attached hydrogens (tertiary/aromatic N) is 2. The van der Waals surface area contributed by atoms with E-state index in [1.165, 1.54) is 0 Å². The van der Waals surface area contributed by atoms with Gasteiger partial charge in [-0.3, -0.25) is 9.88 Å². The van der Waals surface area contributed by atoms with Crippen molar-refractivity contribution in [2.24, 2.45) is 0 Å². The Balaban J connectivity index is 2.04. The normalized spacial score (nSPS) is 10.2. The van der Waals surface area contributed by atoms with Crippen LogP contribution in [0.5, 0.6) is 0 Å². The molecule has 110 valence electrons. The van der Waals surface area contributed by atoms with E-state index >= 15 is 0 Å². The number of carbonyl (C=O) groups is 1. The maximum absolute atomic E-state index is 12.2. The van der Waals surface area contributed by atoms with Crippen molar-refractivity contribution >= 4 is 23.4 Å². The van der Waals surface area contributed by atoms with E-state index in [-0.39, 0.29) is 12.7 Å². The molecule has 0 aliphatic rings. The second kappa shape index (κ2) is 7.64. The number of halogens is 1. The number of amides is 1. The first-order chi connectivity index (χ1) is 10.2. The molecule has 2 aromatic rings. The van der Waals surface area contributed by atoms with Crippen molar-refractivity contribution < 1.29 is 9.53 Å². The highest BCUT2D eigenvalue weighted by Crippen LogP contribution is 2.17. The average Bonchev–Trinajstić information content (AvgIpc) is 2.55. The maximum atomic E-state index is 12.2. The second-order valence-corrected chi connectivity index (χ2v) is 4.69. The Labute approximate surface area is 129 Å². The molecule has 0 aliphatic heterocycles. The topological polar surface area (TPSA) is 42.4 Å². The van der Waals surface area contributed by atoms with E-state index in [0.717, 1.165) is 16.9 Å². The van der Waals surface area contributed by atoms with Gasteiger partial charge >= 0.3 is 6.09 Å². The molecule has 0 bridgehead atoms. The summed E-state index contributed by atoms with van der Waals surface area (Å²) in [5.41, 5.74) is 2.42. The van der Waals surface area contributed by atoms with Crippen LogP contribution < -0.4 is 4.90 Å². The van der Waals surface area contributed by atoms with Crippen LogP contribution in [0.15, 0.2) is 48.7 Å².